The summed E-state index contributed by atoms with van der Waals surface area (Å²) in [6.45, 7) is 0.432. The van der Waals surface area contributed by atoms with E-state index >= 15 is 0 Å². The van der Waals surface area contributed by atoms with E-state index in [2.05, 4.69) is 10.4 Å². The average molecular weight is 247 g/mol. The van der Waals surface area contributed by atoms with Crippen LogP contribution in [-0.2, 0) is 13.5 Å². The van der Waals surface area contributed by atoms with Crippen molar-refractivity contribution in [3.8, 4) is 0 Å². The number of aromatic nitrogens is 2. The van der Waals surface area contributed by atoms with E-state index in [4.69, 9.17) is 0 Å². The second kappa shape index (κ2) is 4.68. The Bertz CT molecular complexity index is 372. The van der Waals surface area contributed by atoms with E-state index in [0.717, 1.165) is 5.69 Å². The average Bonchev–Trinajstić information content (AvgIpc) is 2.63. The number of nitrogens with zero attached hydrogens (tertiary/aromatic N) is 2. The molecule has 0 bridgehead atoms. The molecule has 1 aromatic rings. The third kappa shape index (κ3) is 3.21. The molecule has 0 spiro atoms. The summed E-state index contributed by atoms with van der Waals surface area (Å²) in [5.41, 5.74) is 0.841. The van der Waals surface area contributed by atoms with Gasteiger partial charge in [-0.2, -0.15) is 18.3 Å². The number of rotatable bonds is 2. The summed E-state index contributed by atoms with van der Waals surface area (Å²) in [4.78, 5) is 0. The van der Waals surface area contributed by atoms with Crippen LogP contribution in [0.2, 0.25) is 0 Å². The lowest BCUT2D eigenvalue weighted by molar-refractivity contribution is -0.183. The zero-order valence-electron chi connectivity index (χ0n) is 9.67. The van der Waals surface area contributed by atoms with Crippen molar-refractivity contribution >= 4 is 0 Å². The highest BCUT2D eigenvalue weighted by Gasteiger charge is 2.42. The lowest BCUT2D eigenvalue weighted by Gasteiger charge is -2.31. The monoisotopic (exact) mass is 247 g/mol. The van der Waals surface area contributed by atoms with Crippen molar-refractivity contribution in [2.45, 2.75) is 31.5 Å². The molecule has 1 aliphatic rings. The quantitative estimate of drug-likeness (QED) is 0.865. The molecular formula is C11H16F3N3. The van der Waals surface area contributed by atoms with Gasteiger partial charge in [0.05, 0.1) is 11.6 Å². The lowest BCUT2D eigenvalue weighted by atomic mass is 9.90. The fraction of sp³-hybridized carbons (Fsp3) is 0.727. The van der Waals surface area contributed by atoms with Gasteiger partial charge in [0.1, 0.15) is 0 Å². The van der Waals surface area contributed by atoms with Crippen molar-refractivity contribution in [3.05, 3.63) is 18.0 Å². The molecule has 0 aromatic carbocycles. The molecule has 0 aliphatic carbocycles. The fourth-order valence-corrected chi connectivity index (χ4v) is 2.28. The summed E-state index contributed by atoms with van der Waals surface area (Å²) < 4.78 is 39.5. The summed E-state index contributed by atoms with van der Waals surface area (Å²) in [5.74, 6) is -1.17. The number of nitrogens with one attached hydrogen (secondary N) is 1. The van der Waals surface area contributed by atoms with Gasteiger partial charge in [0.2, 0.25) is 0 Å². The van der Waals surface area contributed by atoms with Crippen LogP contribution in [0.15, 0.2) is 12.3 Å². The minimum absolute atomic E-state index is 0.120. The Kier molecular flexibility index (Phi) is 3.42. The standard InChI is InChI=1S/C11H16F3N3/c1-17-5-3-9(16-17)7-10-6-8(2-4-15-10)11(12,13)14/h3,5,8,10,15H,2,4,6-7H2,1H3. The molecule has 3 nitrogen and oxygen atoms in total. The number of alkyl halides is 3. The molecule has 1 fully saturated rings. The Balaban J connectivity index is 1.94. The van der Waals surface area contributed by atoms with E-state index in [9.17, 15) is 13.2 Å². The van der Waals surface area contributed by atoms with Crippen molar-refractivity contribution in [2.75, 3.05) is 6.54 Å². The Morgan fingerprint density at radius 1 is 1.53 bits per heavy atom. The highest BCUT2D eigenvalue weighted by molar-refractivity contribution is 5.02. The van der Waals surface area contributed by atoms with Gasteiger partial charge >= 0.3 is 6.18 Å². The van der Waals surface area contributed by atoms with Gasteiger partial charge in [-0.05, 0) is 25.5 Å². The number of halogens is 3. The van der Waals surface area contributed by atoms with Crippen LogP contribution in [0.1, 0.15) is 18.5 Å². The Labute approximate surface area is 98.0 Å². The van der Waals surface area contributed by atoms with E-state index in [1.54, 1.807) is 17.9 Å². The van der Waals surface area contributed by atoms with Crippen LogP contribution in [0.4, 0.5) is 13.2 Å². The highest BCUT2D eigenvalue weighted by Crippen LogP contribution is 2.34. The summed E-state index contributed by atoms with van der Waals surface area (Å²) >= 11 is 0. The van der Waals surface area contributed by atoms with E-state index in [1.165, 1.54) is 0 Å². The summed E-state index contributed by atoms with van der Waals surface area (Å²) in [5, 5.41) is 7.32. The zero-order chi connectivity index (χ0) is 12.5. The molecule has 96 valence electrons. The molecule has 2 rings (SSSR count). The fourth-order valence-electron chi connectivity index (χ4n) is 2.28. The van der Waals surface area contributed by atoms with Gasteiger partial charge in [0.15, 0.2) is 0 Å². The third-order valence-electron chi connectivity index (χ3n) is 3.18. The van der Waals surface area contributed by atoms with Crippen molar-refractivity contribution in [1.82, 2.24) is 15.1 Å². The number of hydrogen-bond donors (Lipinski definition) is 1. The molecule has 6 heteroatoms. The molecule has 1 N–H and O–H groups in total. The molecule has 1 aliphatic heterocycles. The minimum atomic E-state index is -4.07. The van der Waals surface area contributed by atoms with Gasteiger partial charge < -0.3 is 5.32 Å². The van der Waals surface area contributed by atoms with Crippen molar-refractivity contribution in [2.24, 2.45) is 13.0 Å². The molecule has 2 atom stereocenters. The van der Waals surface area contributed by atoms with Crippen LogP contribution < -0.4 is 5.32 Å². The largest absolute Gasteiger partial charge is 0.391 e. The summed E-state index contributed by atoms with van der Waals surface area (Å²) in [6.07, 6.45) is -1.36. The second-order valence-electron chi connectivity index (χ2n) is 4.60. The van der Waals surface area contributed by atoms with Gasteiger partial charge in [-0.1, -0.05) is 0 Å². The molecule has 1 aromatic heterocycles. The van der Waals surface area contributed by atoms with Gasteiger partial charge in [-0.3, -0.25) is 4.68 Å². The predicted molar refractivity (Wildman–Crippen MR) is 57.5 cm³/mol. The first-order chi connectivity index (χ1) is 7.95. The number of aryl methyl sites for hydroxylation is 1. The van der Waals surface area contributed by atoms with Crippen LogP contribution in [0.25, 0.3) is 0 Å². The second-order valence-corrected chi connectivity index (χ2v) is 4.60. The van der Waals surface area contributed by atoms with Gasteiger partial charge in [-0.25, -0.2) is 0 Å². The topological polar surface area (TPSA) is 29.9 Å². The molecule has 2 unspecified atom stereocenters. The first-order valence-electron chi connectivity index (χ1n) is 5.74. The maximum Gasteiger partial charge on any atom is 0.391 e. The van der Waals surface area contributed by atoms with Crippen LogP contribution in [0, 0.1) is 5.92 Å². The van der Waals surface area contributed by atoms with Crippen LogP contribution >= 0.6 is 0 Å². The number of piperidine rings is 1. The Morgan fingerprint density at radius 3 is 2.88 bits per heavy atom. The summed E-state index contributed by atoms with van der Waals surface area (Å²) in [7, 11) is 1.80. The molecule has 0 amide bonds. The molecule has 17 heavy (non-hydrogen) atoms. The van der Waals surface area contributed by atoms with E-state index < -0.39 is 12.1 Å². The third-order valence-corrected chi connectivity index (χ3v) is 3.18. The van der Waals surface area contributed by atoms with Crippen LogP contribution in [0.3, 0.4) is 0 Å². The maximum absolute atomic E-state index is 12.6. The SMILES string of the molecule is Cn1ccc(CC2CC(C(F)(F)F)CCN2)n1. The molecule has 2 heterocycles. The molecule has 0 radical (unpaired) electrons. The Hall–Kier alpha value is -1.04. The zero-order valence-corrected chi connectivity index (χ0v) is 9.67. The van der Waals surface area contributed by atoms with Crippen LogP contribution in [-0.4, -0.2) is 28.5 Å². The molecular weight excluding hydrogens is 231 g/mol. The van der Waals surface area contributed by atoms with Crippen molar-refractivity contribution < 1.29 is 13.2 Å². The first-order valence-corrected chi connectivity index (χ1v) is 5.74. The Morgan fingerprint density at radius 2 is 2.29 bits per heavy atom. The van der Waals surface area contributed by atoms with Crippen molar-refractivity contribution in [3.63, 3.8) is 0 Å². The van der Waals surface area contributed by atoms with E-state index in [1.807, 2.05) is 6.07 Å². The maximum atomic E-state index is 12.6. The molecule has 0 saturated carbocycles. The number of hydrogen-bond acceptors (Lipinski definition) is 2. The van der Waals surface area contributed by atoms with Gasteiger partial charge in [0.25, 0.3) is 0 Å². The van der Waals surface area contributed by atoms with Gasteiger partial charge in [0, 0.05) is 25.7 Å². The van der Waals surface area contributed by atoms with Crippen molar-refractivity contribution in [1.29, 1.82) is 0 Å². The normalized spacial score (nSPS) is 26.1. The lowest BCUT2D eigenvalue weighted by Crippen LogP contribution is -2.43. The summed E-state index contributed by atoms with van der Waals surface area (Å²) in [6, 6.07) is 1.73. The smallest absolute Gasteiger partial charge is 0.314 e. The molecule has 1 saturated heterocycles. The van der Waals surface area contributed by atoms with Gasteiger partial charge in [-0.15, -0.1) is 0 Å². The predicted octanol–water partition coefficient (Wildman–Crippen LogP) is 1.89. The first kappa shape index (κ1) is 12.4. The van der Waals surface area contributed by atoms with Crippen LogP contribution in [0.5, 0.6) is 0 Å². The minimum Gasteiger partial charge on any atom is -0.314 e. The van der Waals surface area contributed by atoms with E-state index in [0.29, 0.717) is 13.0 Å². The highest BCUT2D eigenvalue weighted by atomic mass is 19.4. The van der Waals surface area contributed by atoms with E-state index in [-0.39, 0.29) is 18.9 Å².